The third kappa shape index (κ3) is 5.53. The van der Waals surface area contributed by atoms with Crippen molar-refractivity contribution in [3.8, 4) is 34.7 Å². The highest BCUT2D eigenvalue weighted by Gasteiger charge is 2.31. The van der Waals surface area contributed by atoms with Crippen LogP contribution in [-0.4, -0.2) is 70.5 Å². The summed E-state index contributed by atoms with van der Waals surface area (Å²) in [6, 6.07) is 2.04. The van der Waals surface area contributed by atoms with E-state index in [-0.39, 0.29) is 29.5 Å². The number of rotatable bonds is 7. The monoisotopic (exact) mass is 547 g/mol. The zero-order chi connectivity index (χ0) is 27.4. The fourth-order valence-corrected chi connectivity index (χ4v) is 4.59. The topological polar surface area (TPSA) is 192 Å². The van der Waals surface area contributed by atoms with Crippen LogP contribution in [0.2, 0.25) is 5.02 Å². The van der Waals surface area contributed by atoms with Crippen LogP contribution in [0.5, 0.6) is 6.01 Å². The molecule has 4 heterocycles. The van der Waals surface area contributed by atoms with E-state index in [1.165, 1.54) is 36.8 Å². The average Bonchev–Trinajstić information content (AvgIpc) is 3.40. The molecule has 4 aromatic rings. The van der Waals surface area contributed by atoms with Gasteiger partial charge < -0.3 is 15.2 Å². The minimum absolute atomic E-state index is 0.0125. The van der Waals surface area contributed by atoms with Crippen molar-refractivity contribution in [2.45, 2.75) is 37.8 Å². The average molecular weight is 548 g/mol. The molecule has 1 fully saturated rings. The third-order valence-electron chi connectivity index (χ3n) is 6.33. The fourth-order valence-electron chi connectivity index (χ4n) is 4.41. The first-order chi connectivity index (χ1) is 19.0. The predicted molar refractivity (Wildman–Crippen MR) is 139 cm³/mol. The molecule has 0 spiro atoms. The normalized spacial score (nSPS) is 16.7. The van der Waals surface area contributed by atoms with Gasteiger partial charge in [-0.05, 0) is 25.7 Å². The molecule has 5 rings (SSSR count). The molecule has 0 unspecified atom stereocenters. The number of carboxylic acid groups (broad SMARTS) is 1. The lowest BCUT2D eigenvalue weighted by atomic mass is 9.90. The van der Waals surface area contributed by atoms with E-state index in [9.17, 15) is 15.2 Å². The number of anilines is 2. The Bertz CT molecular complexity index is 1500. The Kier molecular flexibility index (Phi) is 7.41. The van der Waals surface area contributed by atoms with Crippen molar-refractivity contribution in [3.05, 3.63) is 47.8 Å². The second-order valence-corrected chi connectivity index (χ2v) is 9.09. The Hall–Kier alpha value is -4.90. The Balaban J connectivity index is 1.25. The summed E-state index contributed by atoms with van der Waals surface area (Å²) in [5.74, 6) is 0.589. The van der Waals surface area contributed by atoms with Crippen molar-refractivity contribution in [1.82, 2.24) is 40.1 Å². The molecule has 0 aromatic carbocycles. The second kappa shape index (κ2) is 11.2. The van der Waals surface area contributed by atoms with Crippen LogP contribution in [0.25, 0.3) is 22.6 Å². The van der Waals surface area contributed by atoms with Crippen LogP contribution in [0.3, 0.4) is 0 Å². The van der Waals surface area contributed by atoms with Gasteiger partial charge in [0, 0.05) is 30.0 Å². The molecule has 14 nitrogen and oxygen atoms in total. The van der Waals surface area contributed by atoms with E-state index in [1.54, 1.807) is 12.4 Å². The molecule has 0 aliphatic heterocycles. The van der Waals surface area contributed by atoms with Gasteiger partial charge in [0.2, 0.25) is 5.95 Å². The van der Waals surface area contributed by atoms with Crippen LogP contribution in [0.1, 0.15) is 31.2 Å². The lowest BCUT2D eigenvalue weighted by Gasteiger charge is -2.34. The molecule has 4 aromatic heterocycles. The number of halogens is 1. The molecule has 15 heteroatoms. The number of methoxy groups -OCH3 is 1. The van der Waals surface area contributed by atoms with Crippen LogP contribution >= 0.6 is 11.6 Å². The summed E-state index contributed by atoms with van der Waals surface area (Å²) in [7, 11) is 1.48. The van der Waals surface area contributed by atoms with Gasteiger partial charge in [-0.3, -0.25) is 15.0 Å². The number of aromatic nitrogens is 8. The van der Waals surface area contributed by atoms with E-state index in [0.717, 1.165) is 0 Å². The number of nitrogens with zero attached hydrogens (tertiary/aromatic N) is 9. The smallest absolute Gasteiger partial charge is 0.413 e. The molecular weight excluding hydrogens is 526 g/mol. The number of carbonyl (C=O) groups is 1. The Labute approximate surface area is 227 Å². The number of hydrogen-bond donors (Lipinski definition) is 3. The van der Waals surface area contributed by atoms with Crippen molar-refractivity contribution in [3.63, 3.8) is 0 Å². The first kappa shape index (κ1) is 25.7. The molecule has 3 N–H and O–H groups in total. The van der Waals surface area contributed by atoms with Crippen LogP contribution in [0, 0.1) is 11.3 Å². The highest BCUT2D eigenvalue weighted by molar-refractivity contribution is 6.32. The van der Waals surface area contributed by atoms with Crippen molar-refractivity contribution >= 4 is 29.5 Å². The number of H-pyrrole nitrogens is 1. The zero-order valence-corrected chi connectivity index (χ0v) is 21.4. The number of ether oxygens (including phenoxy) is 1. The molecule has 0 radical (unpaired) electrons. The van der Waals surface area contributed by atoms with Crippen molar-refractivity contribution in [2.24, 2.45) is 0 Å². The lowest BCUT2D eigenvalue weighted by molar-refractivity contribution is 0.195. The Morgan fingerprint density at radius 2 is 1.87 bits per heavy atom. The number of nitriles is 1. The molecule has 1 amide bonds. The highest BCUT2D eigenvalue weighted by atomic mass is 35.5. The highest BCUT2D eigenvalue weighted by Crippen LogP contribution is 2.30. The molecule has 198 valence electrons. The zero-order valence-electron chi connectivity index (χ0n) is 20.6. The largest absolute Gasteiger partial charge is 0.467 e. The van der Waals surface area contributed by atoms with Crippen molar-refractivity contribution in [2.75, 3.05) is 17.3 Å². The number of hydrogen-bond acceptors (Lipinski definition) is 11. The molecule has 1 aliphatic carbocycles. The van der Waals surface area contributed by atoms with E-state index in [0.29, 0.717) is 59.3 Å². The summed E-state index contributed by atoms with van der Waals surface area (Å²) < 4.78 is 4.96. The molecule has 0 saturated heterocycles. The van der Waals surface area contributed by atoms with Gasteiger partial charge in [-0.15, -0.1) is 0 Å². The van der Waals surface area contributed by atoms with E-state index in [4.69, 9.17) is 16.3 Å². The van der Waals surface area contributed by atoms with E-state index >= 15 is 0 Å². The van der Waals surface area contributed by atoms with Gasteiger partial charge in [0.1, 0.15) is 17.5 Å². The quantitative estimate of drug-likeness (QED) is 0.305. The number of aromatic amines is 1. The van der Waals surface area contributed by atoms with Gasteiger partial charge in [0.05, 0.1) is 48.2 Å². The molecular formula is C24H22ClN11O3. The summed E-state index contributed by atoms with van der Waals surface area (Å²) in [4.78, 5) is 39.0. The maximum atomic E-state index is 12.2. The predicted octanol–water partition coefficient (Wildman–Crippen LogP) is 3.56. The molecule has 0 bridgehead atoms. The standard InChI is InChI=1S/C24H22ClN11O3/c1-39-23-30-8-14(9-31-23)18-11-28-19(12-27-18)36(24(37)38)16-4-2-15(3-5-16)33-22-29-7-13(6-26)20(34-22)21-17(25)10-32-35-21/h7-12,15-16H,2-5H2,1H3,(H,32,35)(H,37,38)(H,29,33,34). The summed E-state index contributed by atoms with van der Waals surface area (Å²) in [5.41, 5.74) is 2.20. The van der Waals surface area contributed by atoms with Crippen LogP contribution < -0.4 is 15.0 Å². The lowest BCUT2D eigenvalue weighted by Crippen LogP contribution is -2.44. The Morgan fingerprint density at radius 1 is 1.10 bits per heavy atom. The van der Waals surface area contributed by atoms with E-state index in [2.05, 4.69) is 51.5 Å². The van der Waals surface area contributed by atoms with Crippen LogP contribution in [0.4, 0.5) is 16.6 Å². The van der Waals surface area contributed by atoms with Gasteiger partial charge >= 0.3 is 12.1 Å². The minimum Gasteiger partial charge on any atom is -0.467 e. The number of amides is 1. The summed E-state index contributed by atoms with van der Waals surface area (Å²) in [6.45, 7) is 0. The van der Waals surface area contributed by atoms with E-state index in [1.807, 2.05) is 0 Å². The second-order valence-electron chi connectivity index (χ2n) is 8.68. The summed E-state index contributed by atoms with van der Waals surface area (Å²) in [6.07, 6.45) is 10.3. The third-order valence-corrected chi connectivity index (χ3v) is 6.62. The fraction of sp³-hybridized carbons (Fsp3) is 0.292. The molecule has 0 atom stereocenters. The van der Waals surface area contributed by atoms with Gasteiger partial charge in [0.15, 0.2) is 5.82 Å². The SMILES string of the molecule is COc1ncc(-c2cnc(N(C(=O)O)C3CCC(Nc4ncc(C#N)c(-c5[nH]ncc5Cl)n4)CC3)cn2)cn1. The Morgan fingerprint density at radius 3 is 2.46 bits per heavy atom. The van der Waals surface area contributed by atoms with Crippen LogP contribution in [0.15, 0.2) is 37.2 Å². The van der Waals surface area contributed by atoms with Gasteiger partial charge in [-0.2, -0.15) is 10.4 Å². The van der Waals surface area contributed by atoms with Gasteiger partial charge in [0.25, 0.3) is 0 Å². The first-order valence-corrected chi connectivity index (χ1v) is 12.3. The molecule has 1 saturated carbocycles. The van der Waals surface area contributed by atoms with Crippen molar-refractivity contribution < 1.29 is 14.6 Å². The first-order valence-electron chi connectivity index (χ1n) is 11.9. The van der Waals surface area contributed by atoms with Gasteiger partial charge in [-0.25, -0.2) is 29.7 Å². The molecule has 39 heavy (non-hydrogen) atoms. The maximum absolute atomic E-state index is 12.2. The summed E-state index contributed by atoms with van der Waals surface area (Å²) >= 11 is 6.16. The summed E-state index contributed by atoms with van der Waals surface area (Å²) in [5, 5.41) is 29.7. The number of nitrogens with one attached hydrogen (secondary N) is 2. The van der Waals surface area contributed by atoms with Crippen LogP contribution in [-0.2, 0) is 0 Å². The van der Waals surface area contributed by atoms with Crippen molar-refractivity contribution in [1.29, 1.82) is 5.26 Å². The van der Waals surface area contributed by atoms with E-state index < -0.39 is 6.09 Å². The van der Waals surface area contributed by atoms with Gasteiger partial charge in [-0.1, -0.05) is 11.6 Å². The molecule has 1 aliphatic rings. The minimum atomic E-state index is -1.10. The maximum Gasteiger partial charge on any atom is 0.413 e.